The van der Waals surface area contributed by atoms with Crippen molar-refractivity contribution in [3.8, 4) is 11.8 Å². The average molecular weight is 452 g/mol. The lowest BCUT2D eigenvalue weighted by Gasteiger charge is -2.45. The second-order valence-electron chi connectivity index (χ2n) is 9.06. The number of cyclic esters (lactones) is 1. The molecule has 2 aliphatic rings. The van der Waals surface area contributed by atoms with Crippen LogP contribution in [0.5, 0.6) is 0 Å². The predicted molar refractivity (Wildman–Crippen MR) is 129 cm³/mol. The van der Waals surface area contributed by atoms with Gasteiger partial charge in [0.25, 0.3) is 5.91 Å². The van der Waals surface area contributed by atoms with Crippen LogP contribution < -0.4 is 5.32 Å². The van der Waals surface area contributed by atoms with Crippen molar-refractivity contribution in [2.75, 3.05) is 5.32 Å². The number of fused-ring (bicyclic) bond motifs is 1. The maximum Gasteiger partial charge on any atom is 0.338 e. The van der Waals surface area contributed by atoms with E-state index in [1.807, 2.05) is 48.5 Å². The van der Waals surface area contributed by atoms with Crippen molar-refractivity contribution in [3.63, 3.8) is 0 Å². The molecule has 5 nitrogen and oxygen atoms in total. The number of hydrogen-bond donors (Lipinski definition) is 2. The molecule has 0 radical (unpaired) electrons. The Morgan fingerprint density at radius 1 is 1.03 bits per heavy atom. The minimum atomic E-state index is -1.91. The second kappa shape index (κ2) is 8.81. The zero-order valence-electron chi connectivity index (χ0n) is 18.7. The number of amides is 1. The molecule has 170 valence electrons. The summed E-state index contributed by atoms with van der Waals surface area (Å²) in [5, 5.41) is 14.6. The first-order valence-electron chi connectivity index (χ1n) is 11.5. The largest absolute Gasteiger partial charge is 0.457 e. The van der Waals surface area contributed by atoms with Crippen molar-refractivity contribution >= 4 is 17.6 Å². The van der Waals surface area contributed by atoms with Crippen molar-refractivity contribution in [2.45, 2.75) is 43.3 Å². The van der Waals surface area contributed by atoms with E-state index in [-0.39, 0.29) is 24.4 Å². The summed E-state index contributed by atoms with van der Waals surface area (Å²) in [7, 11) is 0. The number of hydrogen-bond acceptors (Lipinski definition) is 4. The van der Waals surface area contributed by atoms with E-state index >= 15 is 0 Å². The van der Waals surface area contributed by atoms with Crippen LogP contribution in [-0.2, 0) is 21.6 Å². The summed E-state index contributed by atoms with van der Waals surface area (Å²) < 4.78 is 5.05. The Morgan fingerprint density at radius 2 is 1.74 bits per heavy atom. The third-order valence-electron chi connectivity index (χ3n) is 6.80. The van der Waals surface area contributed by atoms with Crippen LogP contribution in [0.15, 0.2) is 78.9 Å². The van der Waals surface area contributed by atoms with Crippen LogP contribution in [0.4, 0.5) is 5.69 Å². The van der Waals surface area contributed by atoms with Crippen LogP contribution >= 0.6 is 0 Å². The van der Waals surface area contributed by atoms with Crippen LogP contribution in [0.25, 0.3) is 0 Å². The second-order valence-corrected chi connectivity index (χ2v) is 9.06. The predicted octanol–water partition coefficient (Wildman–Crippen LogP) is 4.59. The molecule has 0 aromatic heterocycles. The molecule has 1 aliphatic heterocycles. The van der Waals surface area contributed by atoms with Gasteiger partial charge in [0.2, 0.25) is 5.60 Å². The highest BCUT2D eigenvalue weighted by Crippen LogP contribution is 2.49. The van der Waals surface area contributed by atoms with E-state index in [1.54, 1.807) is 18.2 Å². The highest BCUT2D eigenvalue weighted by molar-refractivity contribution is 6.01. The normalized spacial score (nSPS) is 17.3. The molecule has 1 saturated carbocycles. The SMILES string of the molecule is O=C1OCc2cc(NC(=O)C(O)(C#Cc3ccccc3)CC3(c4ccccc4)CCC3)ccc21. The van der Waals surface area contributed by atoms with Gasteiger partial charge < -0.3 is 15.2 Å². The molecule has 1 atom stereocenters. The number of esters is 1. The first-order valence-corrected chi connectivity index (χ1v) is 11.5. The van der Waals surface area contributed by atoms with Crippen LogP contribution in [0.3, 0.4) is 0 Å². The standard InChI is InChI=1S/C29H25NO4/c31-26-25-13-12-24(18-22(25)19-34-26)30-27(32)29(33,17-14-21-8-3-1-4-9-21)20-28(15-7-16-28)23-10-5-2-6-11-23/h1-6,8-13,18,33H,7,15-16,19-20H2,(H,30,32). The number of ether oxygens (including phenoxy) is 1. The topological polar surface area (TPSA) is 75.6 Å². The highest BCUT2D eigenvalue weighted by atomic mass is 16.5. The highest BCUT2D eigenvalue weighted by Gasteiger charge is 2.48. The molecule has 0 bridgehead atoms. The number of aliphatic hydroxyl groups is 1. The van der Waals surface area contributed by atoms with Crippen molar-refractivity contribution in [3.05, 3.63) is 101 Å². The van der Waals surface area contributed by atoms with Gasteiger partial charge in [0.1, 0.15) is 6.61 Å². The summed E-state index contributed by atoms with van der Waals surface area (Å²) in [5.74, 6) is 4.95. The van der Waals surface area contributed by atoms with E-state index < -0.39 is 11.5 Å². The number of carbonyl (C=O) groups excluding carboxylic acids is 2. The molecule has 3 aromatic rings. The zero-order chi connectivity index (χ0) is 23.6. The molecule has 34 heavy (non-hydrogen) atoms. The number of benzene rings is 3. The van der Waals surface area contributed by atoms with Crippen LogP contribution in [0.1, 0.15) is 52.7 Å². The summed E-state index contributed by atoms with van der Waals surface area (Å²) in [6.07, 6.45) is 3.01. The van der Waals surface area contributed by atoms with E-state index in [1.165, 1.54) is 0 Å². The molecule has 1 fully saturated rings. The summed E-state index contributed by atoms with van der Waals surface area (Å²) in [4.78, 5) is 25.2. The fourth-order valence-electron chi connectivity index (χ4n) is 4.78. The Kier molecular flexibility index (Phi) is 5.69. The number of carbonyl (C=O) groups is 2. The van der Waals surface area contributed by atoms with Gasteiger partial charge in [-0.1, -0.05) is 66.8 Å². The molecule has 2 N–H and O–H groups in total. The summed E-state index contributed by atoms with van der Waals surface area (Å²) in [6, 6.07) is 24.4. The van der Waals surface area contributed by atoms with E-state index in [4.69, 9.17) is 4.74 Å². The van der Waals surface area contributed by atoms with Gasteiger partial charge in [0, 0.05) is 23.2 Å². The fraction of sp³-hybridized carbons (Fsp3) is 0.241. The Labute approximate surface area is 198 Å². The quantitative estimate of drug-likeness (QED) is 0.440. The molecule has 5 rings (SSSR count). The minimum absolute atomic E-state index is 0.174. The molecular weight excluding hydrogens is 426 g/mol. The van der Waals surface area contributed by atoms with E-state index in [0.29, 0.717) is 16.8 Å². The van der Waals surface area contributed by atoms with Crippen molar-refractivity contribution in [2.24, 2.45) is 0 Å². The molecule has 5 heteroatoms. The fourth-order valence-corrected chi connectivity index (χ4v) is 4.78. The smallest absolute Gasteiger partial charge is 0.338 e. The summed E-state index contributed by atoms with van der Waals surface area (Å²) >= 11 is 0. The zero-order valence-corrected chi connectivity index (χ0v) is 18.7. The van der Waals surface area contributed by atoms with Gasteiger partial charge in [-0.15, -0.1) is 0 Å². The van der Waals surface area contributed by atoms with Crippen LogP contribution in [-0.4, -0.2) is 22.6 Å². The Morgan fingerprint density at radius 3 is 2.41 bits per heavy atom. The van der Waals surface area contributed by atoms with Gasteiger partial charge in [-0.2, -0.15) is 0 Å². The van der Waals surface area contributed by atoms with Gasteiger partial charge in [0.05, 0.1) is 5.56 Å². The minimum Gasteiger partial charge on any atom is -0.457 e. The molecule has 0 saturated heterocycles. The van der Waals surface area contributed by atoms with Crippen LogP contribution in [0, 0.1) is 11.8 Å². The van der Waals surface area contributed by atoms with Crippen molar-refractivity contribution in [1.82, 2.24) is 0 Å². The summed E-state index contributed by atoms with van der Waals surface area (Å²) in [6.45, 7) is 0.174. The van der Waals surface area contributed by atoms with E-state index in [9.17, 15) is 14.7 Å². The first kappa shape index (κ1) is 21.9. The third kappa shape index (κ3) is 4.21. The van der Waals surface area contributed by atoms with Gasteiger partial charge in [0.15, 0.2) is 0 Å². The van der Waals surface area contributed by atoms with Gasteiger partial charge >= 0.3 is 5.97 Å². The Bertz CT molecular complexity index is 1290. The van der Waals surface area contributed by atoms with Gasteiger partial charge in [-0.3, -0.25) is 4.79 Å². The van der Waals surface area contributed by atoms with Gasteiger partial charge in [-0.05, 0) is 54.2 Å². The van der Waals surface area contributed by atoms with E-state index in [0.717, 1.165) is 30.4 Å². The molecule has 1 unspecified atom stereocenters. The number of anilines is 1. The Hall–Kier alpha value is -3.88. The van der Waals surface area contributed by atoms with Gasteiger partial charge in [-0.25, -0.2) is 4.79 Å². The lowest BCUT2D eigenvalue weighted by Crippen LogP contribution is -2.50. The van der Waals surface area contributed by atoms with Crippen molar-refractivity contribution in [1.29, 1.82) is 0 Å². The van der Waals surface area contributed by atoms with E-state index in [2.05, 4.69) is 29.3 Å². The lowest BCUT2D eigenvalue weighted by molar-refractivity contribution is -0.131. The maximum atomic E-state index is 13.5. The van der Waals surface area contributed by atoms with Crippen molar-refractivity contribution < 1.29 is 19.4 Å². The maximum absolute atomic E-state index is 13.5. The summed E-state index contributed by atoms with van der Waals surface area (Å²) in [5.41, 5.74) is 1.32. The molecule has 0 spiro atoms. The number of rotatable bonds is 5. The van der Waals surface area contributed by atoms with Crippen LogP contribution in [0.2, 0.25) is 0 Å². The number of nitrogens with one attached hydrogen (secondary N) is 1. The molecule has 1 amide bonds. The first-order chi connectivity index (χ1) is 16.5. The average Bonchev–Trinajstić information content (AvgIpc) is 3.21. The lowest BCUT2D eigenvalue weighted by atomic mass is 9.59. The molecular formula is C29H25NO4. The monoisotopic (exact) mass is 451 g/mol. The molecule has 1 aliphatic carbocycles. The Balaban J connectivity index is 1.47. The molecule has 1 heterocycles. The third-order valence-corrected chi connectivity index (χ3v) is 6.80. The molecule has 3 aromatic carbocycles.